The zero-order valence-corrected chi connectivity index (χ0v) is 15.7. The van der Waals surface area contributed by atoms with Crippen LogP contribution in [0, 0.1) is 0 Å². The van der Waals surface area contributed by atoms with E-state index < -0.39 is 0 Å². The maximum absolute atomic E-state index is 5.36. The van der Waals surface area contributed by atoms with Gasteiger partial charge in [0, 0.05) is 18.4 Å². The zero-order chi connectivity index (χ0) is 17.9. The Balaban J connectivity index is 1.51. The van der Waals surface area contributed by atoms with Crippen LogP contribution in [0.15, 0.2) is 35.7 Å². The van der Waals surface area contributed by atoms with Crippen molar-refractivity contribution in [2.75, 3.05) is 20.8 Å². The molecule has 0 amide bonds. The van der Waals surface area contributed by atoms with Gasteiger partial charge in [-0.15, -0.1) is 26.3 Å². The lowest BCUT2D eigenvalue weighted by molar-refractivity contribution is -0.941. The van der Waals surface area contributed by atoms with Gasteiger partial charge in [0.05, 0.1) is 25.6 Å². The Morgan fingerprint density at radius 1 is 1.23 bits per heavy atom. The minimum absolute atomic E-state index is 0.533. The van der Waals surface area contributed by atoms with E-state index in [0.717, 1.165) is 18.8 Å². The number of benzene rings is 1. The number of likely N-dealkylation sites (tertiary alicyclic amines) is 1. The fourth-order valence-corrected chi connectivity index (χ4v) is 4.44. The first-order valence-corrected chi connectivity index (χ1v) is 9.54. The molecule has 0 saturated carbocycles. The fourth-order valence-electron chi connectivity index (χ4n) is 3.52. The molecule has 0 aliphatic carbocycles. The summed E-state index contributed by atoms with van der Waals surface area (Å²) in [5.74, 6) is 1.94. The summed E-state index contributed by atoms with van der Waals surface area (Å²) in [5.41, 5.74) is 0.861. The van der Waals surface area contributed by atoms with Crippen molar-refractivity contribution in [2.45, 2.75) is 25.6 Å². The molecule has 1 aromatic carbocycles. The Kier molecular flexibility index (Phi) is 4.85. The van der Waals surface area contributed by atoms with Crippen LogP contribution in [0.3, 0.4) is 0 Å². The monoisotopic (exact) mass is 372 g/mol. The van der Waals surface area contributed by atoms with E-state index in [4.69, 9.17) is 9.47 Å². The van der Waals surface area contributed by atoms with Crippen molar-refractivity contribution < 1.29 is 14.4 Å². The van der Waals surface area contributed by atoms with Crippen LogP contribution in [-0.2, 0) is 6.67 Å². The highest BCUT2D eigenvalue weighted by Crippen LogP contribution is 2.30. The number of quaternary nitrogens is 1. The predicted octanol–water partition coefficient (Wildman–Crippen LogP) is 1.80. The molecule has 1 aliphatic heterocycles. The average molecular weight is 372 g/mol. The maximum Gasteiger partial charge on any atom is 0.205 e. The van der Waals surface area contributed by atoms with Crippen molar-refractivity contribution in [1.82, 2.24) is 20.2 Å². The molecule has 8 heteroatoms. The number of thiophene rings is 1. The third-order valence-electron chi connectivity index (χ3n) is 4.81. The van der Waals surface area contributed by atoms with Gasteiger partial charge < -0.3 is 14.4 Å². The maximum atomic E-state index is 5.36. The van der Waals surface area contributed by atoms with Crippen molar-refractivity contribution in [1.29, 1.82) is 0 Å². The Hall–Kier alpha value is -2.45. The highest BCUT2D eigenvalue weighted by molar-refractivity contribution is 7.10. The Bertz CT molecular complexity index is 864. The number of nitrogens with zero attached hydrogens (tertiary/aromatic N) is 4. The van der Waals surface area contributed by atoms with E-state index >= 15 is 0 Å². The zero-order valence-electron chi connectivity index (χ0n) is 14.9. The molecule has 2 aromatic heterocycles. The molecule has 0 radical (unpaired) electrons. The SMILES string of the molecule is COc1ccc(-c2nnn(C[NH+]3CCC[C@@H]3c3cccs3)n2)cc1OC. The minimum atomic E-state index is 0.533. The van der Waals surface area contributed by atoms with Crippen LogP contribution in [0.1, 0.15) is 23.8 Å². The number of nitrogens with one attached hydrogen (secondary N) is 1. The van der Waals surface area contributed by atoms with Gasteiger partial charge in [-0.05, 0) is 34.9 Å². The molecule has 1 saturated heterocycles. The molecule has 2 atom stereocenters. The van der Waals surface area contributed by atoms with E-state index in [0.29, 0.717) is 23.4 Å². The van der Waals surface area contributed by atoms with Gasteiger partial charge in [0.2, 0.25) is 5.82 Å². The number of methoxy groups -OCH3 is 2. The molecule has 26 heavy (non-hydrogen) atoms. The molecule has 7 nitrogen and oxygen atoms in total. The average Bonchev–Trinajstić information content (AvgIpc) is 3.42. The normalized spacial score (nSPS) is 19.6. The lowest BCUT2D eigenvalue weighted by Gasteiger charge is -2.19. The second kappa shape index (κ2) is 7.43. The van der Waals surface area contributed by atoms with Crippen LogP contribution < -0.4 is 14.4 Å². The van der Waals surface area contributed by atoms with E-state index in [2.05, 4.69) is 32.9 Å². The van der Waals surface area contributed by atoms with Gasteiger partial charge in [0.25, 0.3) is 0 Å². The number of tetrazole rings is 1. The predicted molar refractivity (Wildman–Crippen MR) is 98.5 cm³/mol. The molecular weight excluding hydrogens is 350 g/mol. The van der Waals surface area contributed by atoms with Gasteiger partial charge in [-0.1, -0.05) is 6.07 Å². The van der Waals surface area contributed by atoms with Gasteiger partial charge in [-0.25, -0.2) is 0 Å². The number of ether oxygens (including phenoxy) is 2. The summed E-state index contributed by atoms with van der Waals surface area (Å²) >= 11 is 1.83. The van der Waals surface area contributed by atoms with Gasteiger partial charge in [0.15, 0.2) is 18.2 Å². The fraction of sp³-hybridized carbons (Fsp3) is 0.389. The highest BCUT2D eigenvalue weighted by Gasteiger charge is 2.31. The first kappa shape index (κ1) is 17.0. The van der Waals surface area contributed by atoms with Crippen LogP contribution in [0.25, 0.3) is 11.4 Å². The lowest BCUT2D eigenvalue weighted by atomic mass is 10.2. The summed E-state index contributed by atoms with van der Waals surface area (Å²) in [4.78, 5) is 4.63. The van der Waals surface area contributed by atoms with Crippen LogP contribution in [0.4, 0.5) is 0 Å². The van der Waals surface area contributed by atoms with Crippen molar-refractivity contribution in [2.24, 2.45) is 0 Å². The van der Waals surface area contributed by atoms with Gasteiger partial charge in [0.1, 0.15) is 6.04 Å². The third-order valence-corrected chi connectivity index (χ3v) is 5.80. The molecule has 3 heterocycles. The molecule has 1 unspecified atom stereocenters. The summed E-state index contributed by atoms with van der Waals surface area (Å²) in [6, 6.07) is 10.5. The van der Waals surface area contributed by atoms with E-state index in [-0.39, 0.29) is 0 Å². The second-order valence-corrected chi connectivity index (χ2v) is 7.31. The molecule has 136 valence electrons. The first-order chi connectivity index (χ1) is 12.8. The number of hydrogen-bond acceptors (Lipinski definition) is 6. The Labute approximate surface area is 156 Å². The molecular formula is C18H22N5O2S+. The Morgan fingerprint density at radius 3 is 2.88 bits per heavy atom. The van der Waals surface area contributed by atoms with Gasteiger partial charge >= 0.3 is 0 Å². The molecule has 3 aromatic rings. The van der Waals surface area contributed by atoms with Crippen LogP contribution in [-0.4, -0.2) is 41.0 Å². The summed E-state index contributed by atoms with van der Waals surface area (Å²) in [6.07, 6.45) is 2.45. The number of rotatable bonds is 6. The van der Waals surface area contributed by atoms with Crippen molar-refractivity contribution in [3.8, 4) is 22.9 Å². The van der Waals surface area contributed by atoms with E-state index in [1.54, 1.807) is 19.0 Å². The summed E-state index contributed by atoms with van der Waals surface area (Å²) in [7, 11) is 3.24. The number of aromatic nitrogens is 4. The van der Waals surface area contributed by atoms with E-state index in [9.17, 15) is 0 Å². The van der Waals surface area contributed by atoms with Gasteiger partial charge in [-0.3, -0.25) is 0 Å². The molecule has 1 N–H and O–H groups in total. The minimum Gasteiger partial charge on any atom is -0.493 e. The number of hydrogen-bond donors (Lipinski definition) is 1. The van der Waals surface area contributed by atoms with Crippen LogP contribution >= 0.6 is 11.3 Å². The Morgan fingerprint density at radius 2 is 2.12 bits per heavy atom. The van der Waals surface area contributed by atoms with E-state index in [1.807, 2.05) is 29.5 Å². The quantitative estimate of drug-likeness (QED) is 0.715. The summed E-state index contributed by atoms with van der Waals surface area (Å²) < 4.78 is 10.6. The van der Waals surface area contributed by atoms with Crippen molar-refractivity contribution >= 4 is 11.3 Å². The summed E-state index contributed by atoms with van der Waals surface area (Å²) in [6.45, 7) is 1.86. The molecule has 1 fully saturated rings. The van der Waals surface area contributed by atoms with Crippen LogP contribution in [0.5, 0.6) is 11.5 Å². The standard InChI is InChI=1S/C18H21N5O2S/c1-24-15-8-7-13(11-16(15)25-2)18-19-21-23(20-18)12-22-9-3-5-14(22)17-6-4-10-26-17/h4,6-8,10-11,14H,3,5,9,12H2,1-2H3/p+1/t14-/m1/s1. The van der Waals surface area contributed by atoms with E-state index in [1.165, 1.54) is 22.6 Å². The largest absolute Gasteiger partial charge is 0.493 e. The van der Waals surface area contributed by atoms with Crippen molar-refractivity contribution in [3.63, 3.8) is 0 Å². The molecule has 4 rings (SSSR count). The smallest absolute Gasteiger partial charge is 0.205 e. The first-order valence-electron chi connectivity index (χ1n) is 8.66. The van der Waals surface area contributed by atoms with Crippen LogP contribution in [0.2, 0.25) is 0 Å². The lowest BCUT2D eigenvalue weighted by Crippen LogP contribution is -3.09. The van der Waals surface area contributed by atoms with Gasteiger partial charge in [-0.2, -0.15) is 0 Å². The highest BCUT2D eigenvalue weighted by atomic mass is 32.1. The second-order valence-electron chi connectivity index (χ2n) is 6.33. The van der Waals surface area contributed by atoms with Crippen molar-refractivity contribution in [3.05, 3.63) is 40.6 Å². The molecule has 0 spiro atoms. The topological polar surface area (TPSA) is 66.5 Å². The molecule has 1 aliphatic rings. The third kappa shape index (κ3) is 3.30. The molecule has 0 bridgehead atoms. The summed E-state index contributed by atoms with van der Waals surface area (Å²) in [5, 5.41) is 15.2.